The van der Waals surface area contributed by atoms with E-state index in [1.807, 2.05) is 45.0 Å². The van der Waals surface area contributed by atoms with Crippen LogP contribution in [0.4, 0.5) is 0 Å². The summed E-state index contributed by atoms with van der Waals surface area (Å²) in [6.07, 6.45) is 2.45. The number of ether oxygens (including phenoxy) is 2. The lowest BCUT2D eigenvalue weighted by Gasteiger charge is -2.22. The van der Waals surface area contributed by atoms with Gasteiger partial charge in [0.1, 0.15) is 5.75 Å². The third kappa shape index (κ3) is 6.17. The molecule has 1 rings (SSSR count). The summed E-state index contributed by atoms with van der Waals surface area (Å²) in [5, 5.41) is 0. The third-order valence-electron chi connectivity index (χ3n) is 3.40. The fraction of sp³-hybridized carbons (Fsp3) is 0.588. The second-order valence-electron chi connectivity index (χ2n) is 5.74. The van der Waals surface area contributed by atoms with Crippen molar-refractivity contribution < 1.29 is 14.3 Å². The van der Waals surface area contributed by atoms with Crippen LogP contribution in [0, 0.1) is 5.41 Å². The second kappa shape index (κ2) is 8.67. The Balaban J connectivity index is 2.31. The molecule has 0 aliphatic carbocycles. The van der Waals surface area contributed by atoms with E-state index < -0.39 is 5.41 Å². The Labute approximate surface area is 127 Å². The summed E-state index contributed by atoms with van der Waals surface area (Å²) in [7, 11) is 0. The highest BCUT2D eigenvalue weighted by Gasteiger charge is 2.28. The molecule has 0 amide bonds. The molecule has 0 fully saturated rings. The monoisotopic (exact) mass is 293 g/mol. The van der Waals surface area contributed by atoms with Crippen LogP contribution >= 0.6 is 0 Å². The molecule has 1 aromatic carbocycles. The summed E-state index contributed by atoms with van der Waals surface area (Å²) < 4.78 is 10.8. The van der Waals surface area contributed by atoms with Crippen molar-refractivity contribution in [3.63, 3.8) is 0 Å². The van der Waals surface area contributed by atoms with Gasteiger partial charge in [0.15, 0.2) is 0 Å². The number of carbonyl (C=O) groups is 1. The van der Waals surface area contributed by atoms with Crippen LogP contribution in [-0.2, 0) is 16.0 Å². The number of hydrogen-bond acceptors (Lipinski definition) is 4. The number of hydrogen-bond donors (Lipinski definition) is 1. The lowest BCUT2D eigenvalue weighted by Crippen LogP contribution is -2.27. The molecule has 0 saturated carbocycles. The summed E-state index contributed by atoms with van der Waals surface area (Å²) in [5.41, 5.74) is 6.28. The SMILES string of the molecule is CCOC(=O)C(C)(C)CCCOc1ccc(CCN)cc1. The zero-order valence-electron chi connectivity index (χ0n) is 13.4. The highest BCUT2D eigenvalue weighted by Crippen LogP contribution is 2.24. The molecule has 118 valence electrons. The predicted octanol–water partition coefficient (Wildman–Crippen LogP) is 2.94. The van der Waals surface area contributed by atoms with Crippen molar-refractivity contribution in [1.29, 1.82) is 0 Å². The molecule has 0 spiro atoms. The van der Waals surface area contributed by atoms with Crippen molar-refractivity contribution in [2.24, 2.45) is 11.1 Å². The van der Waals surface area contributed by atoms with E-state index in [0.717, 1.165) is 25.0 Å². The average molecular weight is 293 g/mol. The Bertz CT molecular complexity index is 426. The number of esters is 1. The standard InChI is InChI=1S/C17H27NO3/c1-4-20-16(19)17(2,3)11-5-13-21-15-8-6-14(7-9-15)10-12-18/h6-9H,4-5,10-13,18H2,1-3H3. The summed E-state index contributed by atoms with van der Waals surface area (Å²) >= 11 is 0. The van der Waals surface area contributed by atoms with Gasteiger partial charge in [-0.15, -0.1) is 0 Å². The van der Waals surface area contributed by atoms with Crippen molar-refractivity contribution in [3.8, 4) is 5.75 Å². The third-order valence-corrected chi connectivity index (χ3v) is 3.40. The van der Waals surface area contributed by atoms with E-state index in [4.69, 9.17) is 15.2 Å². The lowest BCUT2D eigenvalue weighted by molar-refractivity contribution is -0.153. The van der Waals surface area contributed by atoms with Gasteiger partial charge in [0.25, 0.3) is 0 Å². The van der Waals surface area contributed by atoms with Crippen molar-refractivity contribution in [3.05, 3.63) is 29.8 Å². The van der Waals surface area contributed by atoms with Crippen LogP contribution in [0.5, 0.6) is 5.75 Å². The van der Waals surface area contributed by atoms with Crippen LogP contribution in [0.2, 0.25) is 0 Å². The molecule has 0 aliphatic rings. The lowest BCUT2D eigenvalue weighted by atomic mass is 9.88. The van der Waals surface area contributed by atoms with E-state index >= 15 is 0 Å². The largest absolute Gasteiger partial charge is 0.494 e. The summed E-state index contributed by atoms with van der Waals surface area (Å²) in [5.74, 6) is 0.709. The minimum Gasteiger partial charge on any atom is -0.494 e. The van der Waals surface area contributed by atoms with Gasteiger partial charge >= 0.3 is 5.97 Å². The minimum absolute atomic E-state index is 0.142. The number of nitrogens with two attached hydrogens (primary N) is 1. The molecule has 2 N–H and O–H groups in total. The first-order chi connectivity index (χ1) is 9.99. The molecule has 21 heavy (non-hydrogen) atoms. The van der Waals surface area contributed by atoms with Crippen LogP contribution in [0.1, 0.15) is 39.2 Å². The van der Waals surface area contributed by atoms with E-state index in [0.29, 0.717) is 19.8 Å². The summed E-state index contributed by atoms with van der Waals surface area (Å²) in [6.45, 7) is 7.32. The zero-order chi connectivity index (χ0) is 15.7. The van der Waals surface area contributed by atoms with Crippen LogP contribution < -0.4 is 10.5 Å². The van der Waals surface area contributed by atoms with E-state index in [1.54, 1.807) is 0 Å². The quantitative estimate of drug-likeness (QED) is 0.561. The number of carbonyl (C=O) groups excluding carboxylic acids is 1. The Hall–Kier alpha value is -1.55. The van der Waals surface area contributed by atoms with Gasteiger partial charge in [-0.1, -0.05) is 12.1 Å². The minimum atomic E-state index is -0.454. The van der Waals surface area contributed by atoms with Crippen molar-refractivity contribution in [1.82, 2.24) is 0 Å². The molecule has 0 heterocycles. The molecule has 4 nitrogen and oxygen atoms in total. The molecule has 0 radical (unpaired) electrons. The molecular weight excluding hydrogens is 266 g/mol. The van der Waals surface area contributed by atoms with Crippen molar-refractivity contribution in [2.75, 3.05) is 19.8 Å². The Morgan fingerprint density at radius 3 is 2.48 bits per heavy atom. The van der Waals surface area contributed by atoms with Gasteiger partial charge in [-0.05, 0) is 64.3 Å². The van der Waals surface area contributed by atoms with Crippen LogP contribution in [0.25, 0.3) is 0 Å². The maximum atomic E-state index is 11.8. The molecule has 0 aromatic heterocycles. The first kappa shape index (κ1) is 17.5. The maximum Gasteiger partial charge on any atom is 0.311 e. The molecule has 4 heteroatoms. The predicted molar refractivity (Wildman–Crippen MR) is 84.3 cm³/mol. The fourth-order valence-electron chi connectivity index (χ4n) is 2.05. The Morgan fingerprint density at radius 1 is 1.24 bits per heavy atom. The molecule has 1 aromatic rings. The normalized spacial score (nSPS) is 11.2. The summed E-state index contributed by atoms with van der Waals surface area (Å²) in [4.78, 5) is 11.8. The average Bonchev–Trinajstić information content (AvgIpc) is 2.46. The van der Waals surface area contributed by atoms with Gasteiger partial charge in [-0.3, -0.25) is 4.79 Å². The first-order valence-corrected chi connectivity index (χ1v) is 7.58. The zero-order valence-corrected chi connectivity index (χ0v) is 13.4. The van der Waals surface area contributed by atoms with Gasteiger partial charge in [-0.25, -0.2) is 0 Å². The van der Waals surface area contributed by atoms with E-state index in [-0.39, 0.29) is 5.97 Å². The van der Waals surface area contributed by atoms with Gasteiger partial charge < -0.3 is 15.2 Å². The number of rotatable bonds is 9. The maximum absolute atomic E-state index is 11.8. The highest BCUT2D eigenvalue weighted by atomic mass is 16.5. The second-order valence-corrected chi connectivity index (χ2v) is 5.74. The van der Waals surface area contributed by atoms with Crippen LogP contribution in [-0.4, -0.2) is 25.7 Å². The van der Waals surface area contributed by atoms with Crippen molar-refractivity contribution >= 4 is 5.97 Å². The molecular formula is C17H27NO3. The smallest absolute Gasteiger partial charge is 0.311 e. The van der Waals surface area contributed by atoms with Gasteiger partial charge in [-0.2, -0.15) is 0 Å². The first-order valence-electron chi connectivity index (χ1n) is 7.58. The topological polar surface area (TPSA) is 61.5 Å². The fourth-order valence-corrected chi connectivity index (χ4v) is 2.05. The molecule has 0 atom stereocenters. The van der Waals surface area contributed by atoms with Crippen molar-refractivity contribution in [2.45, 2.75) is 40.0 Å². The molecule has 0 unspecified atom stereocenters. The van der Waals surface area contributed by atoms with E-state index in [1.165, 1.54) is 5.56 Å². The van der Waals surface area contributed by atoms with E-state index in [9.17, 15) is 4.79 Å². The molecule has 0 aliphatic heterocycles. The Kier molecular flexibility index (Phi) is 7.23. The van der Waals surface area contributed by atoms with Crippen LogP contribution in [0.15, 0.2) is 24.3 Å². The molecule has 0 bridgehead atoms. The van der Waals surface area contributed by atoms with Crippen LogP contribution in [0.3, 0.4) is 0 Å². The van der Waals surface area contributed by atoms with E-state index in [2.05, 4.69) is 0 Å². The number of benzene rings is 1. The van der Waals surface area contributed by atoms with Gasteiger partial charge in [0.2, 0.25) is 0 Å². The van der Waals surface area contributed by atoms with Gasteiger partial charge in [0.05, 0.1) is 18.6 Å². The Morgan fingerprint density at radius 2 is 1.90 bits per heavy atom. The highest BCUT2D eigenvalue weighted by molar-refractivity contribution is 5.75. The van der Waals surface area contributed by atoms with Gasteiger partial charge in [0, 0.05) is 0 Å². The summed E-state index contributed by atoms with van der Waals surface area (Å²) in [6, 6.07) is 7.98. The molecule has 0 saturated heterocycles.